The fourth-order valence-electron chi connectivity index (χ4n) is 1.86. The van der Waals surface area contributed by atoms with Crippen molar-refractivity contribution in [1.82, 2.24) is 9.97 Å². The zero-order valence-electron chi connectivity index (χ0n) is 11.1. The summed E-state index contributed by atoms with van der Waals surface area (Å²) in [5.74, 6) is -1.91. The van der Waals surface area contributed by atoms with Gasteiger partial charge in [-0.1, -0.05) is 35.3 Å². The highest BCUT2D eigenvalue weighted by Gasteiger charge is 2.25. The van der Waals surface area contributed by atoms with Crippen LogP contribution in [0.2, 0.25) is 10.0 Å². The molecule has 1 N–H and O–H groups in total. The number of benzene rings is 1. The molecule has 1 aromatic carbocycles. The summed E-state index contributed by atoms with van der Waals surface area (Å²) in [7, 11) is 1.40. The summed E-state index contributed by atoms with van der Waals surface area (Å²) in [5.41, 5.74) is 1.05. The lowest BCUT2D eigenvalue weighted by Crippen LogP contribution is -2.17. The molecule has 110 valence electrons. The Balaban J connectivity index is 2.35. The zero-order valence-corrected chi connectivity index (χ0v) is 12.6. The van der Waals surface area contributed by atoms with E-state index in [0.717, 1.165) is 5.56 Å². The van der Waals surface area contributed by atoms with Crippen molar-refractivity contribution in [3.05, 3.63) is 51.8 Å². The average Bonchev–Trinajstić information content (AvgIpc) is 2.47. The van der Waals surface area contributed by atoms with Gasteiger partial charge in [-0.05, 0) is 24.1 Å². The van der Waals surface area contributed by atoms with E-state index in [0.29, 0.717) is 5.02 Å². The maximum atomic E-state index is 11.5. The maximum Gasteiger partial charge on any atom is 0.316 e. The van der Waals surface area contributed by atoms with Crippen molar-refractivity contribution in [1.29, 1.82) is 0 Å². The van der Waals surface area contributed by atoms with Gasteiger partial charge in [0.1, 0.15) is 5.92 Å². The summed E-state index contributed by atoms with van der Waals surface area (Å²) in [4.78, 5) is 19.4. The van der Waals surface area contributed by atoms with E-state index in [9.17, 15) is 9.90 Å². The summed E-state index contributed by atoms with van der Waals surface area (Å²) < 4.78 is 4.91. The van der Waals surface area contributed by atoms with Crippen LogP contribution in [0.5, 0.6) is 6.01 Å². The van der Waals surface area contributed by atoms with E-state index in [4.69, 9.17) is 27.9 Å². The summed E-state index contributed by atoms with van der Waals surface area (Å²) in [6.07, 6.45) is 1.58. The van der Waals surface area contributed by atoms with E-state index in [1.54, 1.807) is 24.3 Å². The number of carboxylic acid groups (broad SMARTS) is 1. The van der Waals surface area contributed by atoms with Gasteiger partial charge >= 0.3 is 12.0 Å². The van der Waals surface area contributed by atoms with Crippen molar-refractivity contribution in [3.8, 4) is 6.01 Å². The second-order valence-electron chi connectivity index (χ2n) is 4.31. The molecule has 0 spiro atoms. The third kappa shape index (κ3) is 3.83. The average molecular weight is 327 g/mol. The smallest absolute Gasteiger partial charge is 0.316 e. The number of aromatic nitrogens is 2. The number of rotatable bonds is 5. The van der Waals surface area contributed by atoms with Gasteiger partial charge in [0.2, 0.25) is 0 Å². The van der Waals surface area contributed by atoms with Crippen LogP contribution >= 0.6 is 23.2 Å². The van der Waals surface area contributed by atoms with Gasteiger partial charge in [0.05, 0.1) is 24.0 Å². The first kappa shape index (κ1) is 15.5. The van der Waals surface area contributed by atoms with Crippen LogP contribution in [0.15, 0.2) is 30.5 Å². The van der Waals surface area contributed by atoms with E-state index < -0.39 is 11.9 Å². The van der Waals surface area contributed by atoms with Crippen LogP contribution in [0, 0.1) is 0 Å². The molecule has 21 heavy (non-hydrogen) atoms. The first-order chi connectivity index (χ1) is 10.0. The second kappa shape index (κ2) is 6.74. The molecule has 0 saturated carbocycles. The quantitative estimate of drug-likeness (QED) is 0.913. The highest BCUT2D eigenvalue weighted by atomic mass is 35.5. The number of aliphatic carboxylic acids is 1. The first-order valence-corrected chi connectivity index (χ1v) is 6.80. The summed E-state index contributed by atoms with van der Waals surface area (Å²) in [6, 6.07) is 7.03. The normalized spacial score (nSPS) is 12.0. The van der Waals surface area contributed by atoms with Crippen molar-refractivity contribution >= 4 is 29.2 Å². The molecule has 1 atom stereocenters. The third-order valence-electron chi connectivity index (χ3n) is 2.91. The van der Waals surface area contributed by atoms with E-state index >= 15 is 0 Å². The Morgan fingerprint density at radius 2 is 2.00 bits per heavy atom. The lowest BCUT2D eigenvalue weighted by Gasteiger charge is -2.14. The Morgan fingerprint density at radius 1 is 1.33 bits per heavy atom. The topological polar surface area (TPSA) is 72.3 Å². The van der Waals surface area contributed by atoms with Gasteiger partial charge in [-0.2, -0.15) is 4.98 Å². The van der Waals surface area contributed by atoms with Crippen LogP contribution < -0.4 is 4.74 Å². The molecular formula is C14H12Cl2N2O3. The predicted octanol–water partition coefficient (Wildman–Crippen LogP) is 3.20. The molecule has 2 rings (SSSR count). The van der Waals surface area contributed by atoms with Crippen LogP contribution in [0.3, 0.4) is 0 Å². The number of nitrogens with zero attached hydrogens (tertiary/aromatic N) is 2. The van der Waals surface area contributed by atoms with E-state index in [1.165, 1.54) is 13.3 Å². The minimum atomic E-state index is -1.02. The van der Waals surface area contributed by atoms with E-state index in [-0.39, 0.29) is 23.1 Å². The molecule has 0 saturated heterocycles. The van der Waals surface area contributed by atoms with Crippen molar-refractivity contribution in [2.75, 3.05) is 7.11 Å². The SMILES string of the molecule is COc1ncc(Cl)c(C(Cc2ccc(Cl)cc2)C(=O)O)n1. The Labute approximate surface area is 131 Å². The summed E-state index contributed by atoms with van der Waals surface area (Å²) in [5, 5.41) is 10.2. The third-order valence-corrected chi connectivity index (χ3v) is 3.46. The second-order valence-corrected chi connectivity index (χ2v) is 5.15. The standard InChI is InChI=1S/C14H12Cl2N2O3/c1-21-14-17-7-11(16)12(18-14)10(13(19)20)6-8-2-4-9(15)5-3-8/h2-5,7,10H,6H2,1H3,(H,19,20). The first-order valence-electron chi connectivity index (χ1n) is 6.05. The minimum absolute atomic E-state index is 0.0803. The molecule has 0 aliphatic rings. The fraction of sp³-hybridized carbons (Fsp3) is 0.214. The summed E-state index contributed by atoms with van der Waals surface area (Å²) >= 11 is 11.8. The molecule has 2 aromatic rings. The molecule has 1 unspecified atom stereocenters. The molecular weight excluding hydrogens is 315 g/mol. The lowest BCUT2D eigenvalue weighted by atomic mass is 9.96. The number of carboxylic acids is 1. The number of methoxy groups -OCH3 is 1. The molecule has 0 fully saturated rings. The summed E-state index contributed by atoms with van der Waals surface area (Å²) in [6.45, 7) is 0. The number of hydrogen-bond donors (Lipinski definition) is 1. The molecule has 1 heterocycles. The molecule has 0 aliphatic carbocycles. The number of ether oxygens (including phenoxy) is 1. The van der Waals surface area contributed by atoms with Gasteiger partial charge in [-0.3, -0.25) is 4.79 Å². The van der Waals surface area contributed by atoms with Gasteiger partial charge in [-0.25, -0.2) is 4.98 Å². The van der Waals surface area contributed by atoms with Crippen molar-refractivity contribution in [2.45, 2.75) is 12.3 Å². The zero-order chi connectivity index (χ0) is 15.4. The van der Waals surface area contributed by atoms with Gasteiger partial charge < -0.3 is 9.84 Å². The Bertz CT molecular complexity index is 647. The van der Waals surface area contributed by atoms with Crippen molar-refractivity contribution < 1.29 is 14.6 Å². The minimum Gasteiger partial charge on any atom is -0.481 e. The Kier molecular flexibility index (Phi) is 4.98. The lowest BCUT2D eigenvalue weighted by molar-refractivity contribution is -0.138. The van der Waals surface area contributed by atoms with Crippen LogP contribution in [-0.2, 0) is 11.2 Å². The molecule has 0 aliphatic heterocycles. The Morgan fingerprint density at radius 3 is 2.57 bits per heavy atom. The van der Waals surface area contributed by atoms with E-state index in [2.05, 4.69) is 9.97 Å². The van der Waals surface area contributed by atoms with Gasteiger partial charge in [0.15, 0.2) is 0 Å². The van der Waals surface area contributed by atoms with Crippen molar-refractivity contribution in [2.24, 2.45) is 0 Å². The van der Waals surface area contributed by atoms with Gasteiger partial charge in [0.25, 0.3) is 0 Å². The monoisotopic (exact) mass is 326 g/mol. The van der Waals surface area contributed by atoms with Gasteiger partial charge in [0, 0.05) is 5.02 Å². The number of hydrogen-bond acceptors (Lipinski definition) is 4. The molecule has 5 nitrogen and oxygen atoms in total. The van der Waals surface area contributed by atoms with Crippen LogP contribution in [0.1, 0.15) is 17.2 Å². The van der Waals surface area contributed by atoms with Crippen LogP contribution in [-0.4, -0.2) is 28.2 Å². The van der Waals surface area contributed by atoms with Gasteiger partial charge in [-0.15, -0.1) is 0 Å². The van der Waals surface area contributed by atoms with Crippen LogP contribution in [0.25, 0.3) is 0 Å². The number of halogens is 2. The molecule has 7 heteroatoms. The molecule has 1 aromatic heterocycles. The highest BCUT2D eigenvalue weighted by molar-refractivity contribution is 6.31. The number of carbonyl (C=O) groups is 1. The maximum absolute atomic E-state index is 11.5. The molecule has 0 radical (unpaired) electrons. The fourth-order valence-corrected chi connectivity index (χ4v) is 2.21. The Hall–Kier alpha value is -1.85. The van der Waals surface area contributed by atoms with Crippen molar-refractivity contribution in [3.63, 3.8) is 0 Å². The molecule has 0 amide bonds. The van der Waals surface area contributed by atoms with Crippen LogP contribution in [0.4, 0.5) is 0 Å². The predicted molar refractivity (Wildman–Crippen MR) is 79.1 cm³/mol. The molecule has 0 bridgehead atoms. The largest absolute Gasteiger partial charge is 0.481 e. The van der Waals surface area contributed by atoms with E-state index in [1.807, 2.05) is 0 Å². The highest BCUT2D eigenvalue weighted by Crippen LogP contribution is 2.27.